The van der Waals surface area contributed by atoms with Crippen molar-refractivity contribution in [3.63, 3.8) is 0 Å². The number of hydrogen-bond donors (Lipinski definition) is 1. The Morgan fingerprint density at radius 1 is 1.11 bits per heavy atom. The van der Waals surface area contributed by atoms with Crippen LogP contribution in [0.15, 0.2) is 36.4 Å². The molecule has 1 N–H and O–H groups in total. The molecule has 0 aromatic heterocycles. The maximum atomic E-state index is 13.7. The Balaban J connectivity index is 2.20. The first-order valence-electron chi connectivity index (χ1n) is 5.85. The first kappa shape index (κ1) is 14.0. The minimum absolute atomic E-state index is 0.00548. The van der Waals surface area contributed by atoms with Crippen molar-refractivity contribution in [2.75, 3.05) is 0 Å². The van der Waals surface area contributed by atoms with Crippen LogP contribution in [-0.4, -0.2) is 5.11 Å². The largest absolute Gasteiger partial charge is 0.388 e. The van der Waals surface area contributed by atoms with Crippen molar-refractivity contribution in [1.29, 1.82) is 0 Å². The second-order valence-corrected chi connectivity index (χ2v) is 4.90. The molecule has 1 nitrogen and oxygen atoms in total. The van der Waals surface area contributed by atoms with Gasteiger partial charge in [0.15, 0.2) is 0 Å². The number of aryl methyl sites for hydroxylation is 1. The van der Waals surface area contributed by atoms with Crippen LogP contribution < -0.4 is 0 Å². The Morgan fingerprint density at radius 2 is 1.84 bits per heavy atom. The summed E-state index contributed by atoms with van der Waals surface area (Å²) in [5.74, 6) is -0.956. The number of rotatable bonds is 3. The fourth-order valence-corrected chi connectivity index (χ4v) is 2.11. The van der Waals surface area contributed by atoms with Crippen LogP contribution in [-0.2, 0) is 6.42 Å². The number of aliphatic hydroxyl groups is 1. The van der Waals surface area contributed by atoms with Crippen LogP contribution in [0.2, 0.25) is 5.02 Å². The van der Waals surface area contributed by atoms with Gasteiger partial charge in [-0.1, -0.05) is 29.8 Å². The lowest BCUT2D eigenvalue weighted by Gasteiger charge is -2.13. The molecule has 0 saturated heterocycles. The Morgan fingerprint density at radius 3 is 2.47 bits per heavy atom. The van der Waals surface area contributed by atoms with Crippen molar-refractivity contribution in [2.45, 2.75) is 19.4 Å². The summed E-state index contributed by atoms with van der Waals surface area (Å²) in [6.07, 6.45) is -0.804. The Kier molecular flexibility index (Phi) is 4.17. The molecule has 2 aromatic carbocycles. The maximum Gasteiger partial charge on any atom is 0.141 e. The van der Waals surface area contributed by atoms with Crippen LogP contribution in [0.3, 0.4) is 0 Å². The van der Waals surface area contributed by atoms with Gasteiger partial charge < -0.3 is 5.11 Å². The lowest BCUT2D eigenvalue weighted by molar-refractivity contribution is 0.173. The predicted octanol–water partition coefficient (Wildman–Crippen LogP) is 4.20. The molecule has 0 radical (unpaired) electrons. The molecule has 0 aliphatic rings. The van der Waals surface area contributed by atoms with E-state index in [-0.39, 0.29) is 17.0 Å². The van der Waals surface area contributed by atoms with Crippen molar-refractivity contribution in [3.05, 3.63) is 69.7 Å². The Bertz CT molecular complexity index is 599. The van der Waals surface area contributed by atoms with Gasteiger partial charge in [-0.3, -0.25) is 0 Å². The summed E-state index contributed by atoms with van der Waals surface area (Å²) in [6, 6.07) is 8.86. The second kappa shape index (κ2) is 5.68. The zero-order chi connectivity index (χ0) is 14.0. The van der Waals surface area contributed by atoms with E-state index >= 15 is 0 Å². The smallest absolute Gasteiger partial charge is 0.141 e. The highest BCUT2D eigenvalue weighted by molar-refractivity contribution is 6.30. The molecular weight excluding hydrogens is 270 g/mol. The zero-order valence-electron chi connectivity index (χ0n) is 10.3. The highest BCUT2D eigenvalue weighted by Crippen LogP contribution is 2.24. The summed E-state index contributed by atoms with van der Waals surface area (Å²) >= 11 is 5.66. The zero-order valence-corrected chi connectivity index (χ0v) is 11.1. The fraction of sp³-hybridized carbons (Fsp3) is 0.200. The molecular formula is C15H13ClF2O. The molecule has 100 valence electrons. The van der Waals surface area contributed by atoms with Gasteiger partial charge in [0, 0.05) is 12.0 Å². The predicted molar refractivity (Wildman–Crippen MR) is 71.2 cm³/mol. The van der Waals surface area contributed by atoms with Crippen molar-refractivity contribution >= 4 is 11.6 Å². The molecule has 0 aliphatic heterocycles. The van der Waals surface area contributed by atoms with E-state index in [0.29, 0.717) is 5.56 Å². The van der Waals surface area contributed by atoms with E-state index in [1.54, 1.807) is 19.1 Å². The SMILES string of the molecule is Cc1ccc(C(O)Cc2ccc(F)c(Cl)c2)c(F)c1. The fourth-order valence-electron chi connectivity index (χ4n) is 1.90. The average molecular weight is 283 g/mol. The molecule has 0 bridgehead atoms. The first-order valence-corrected chi connectivity index (χ1v) is 6.23. The monoisotopic (exact) mass is 282 g/mol. The van der Waals surface area contributed by atoms with Crippen LogP contribution in [0.4, 0.5) is 8.78 Å². The molecule has 0 heterocycles. The minimum atomic E-state index is -0.984. The molecule has 4 heteroatoms. The van der Waals surface area contributed by atoms with E-state index in [1.165, 1.54) is 24.3 Å². The normalized spacial score (nSPS) is 12.5. The highest BCUT2D eigenvalue weighted by Gasteiger charge is 2.14. The molecule has 0 fully saturated rings. The first-order chi connectivity index (χ1) is 8.97. The van der Waals surface area contributed by atoms with E-state index in [4.69, 9.17) is 11.6 Å². The van der Waals surface area contributed by atoms with E-state index in [0.717, 1.165) is 5.56 Å². The summed E-state index contributed by atoms with van der Waals surface area (Å²) in [7, 11) is 0. The van der Waals surface area contributed by atoms with Gasteiger partial charge in [-0.15, -0.1) is 0 Å². The van der Waals surface area contributed by atoms with Gasteiger partial charge >= 0.3 is 0 Å². The molecule has 2 aromatic rings. The van der Waals surface area contributed by atoms with Gasteiger partial charge in [0.05, 0.1) is 11.1 Å². The number of hydrogen-bond acceptors (Lipinski definition) is 1. The third-order valence-corrected chi connectivity index (χ3v) is 3.22. The van der Waals surface area contributed by atoms with Crippen molar-refractivity contribution < 1.29 is 13.9 Å². The molecule has 19 heavy (non-hydrogen) atoms. The number of aliphatic hydroxyl groups excluding tert-OH is 1. The summed E-state index contributed by atoms with van der Waals surface area (Å²) in [5.41, 5.74) is 1.67. The Labute approximate surface area is 115 Å². The molecule has 0 spiro atoms. The third kappa shape index (κ3) is 3.31. The third-order valence-electron chi connectivity index (χ3n) is 2.93. The minimum Gasteiger partial charge on any atom is -0.388 e. The summed E-state index contributed by atoms with van der Waals surface area (Å²) in [6.45, 7) is 1.78. The van der Waals surface area contributed by atoms with Crippen LogP contribution in [0, 0.1) is 18.6 Å². The van der Waals surface area contributed by atoms with Crippen molar-refractivity contribution in [2.24, 2.45) is 0 Å². The average Bonchev–Trinajstić information content (AvgIpc) is 2.33. The van der Waals surface area contributed by atoms with Gasteiger partial charge in [-0.2, -0.15) is 0 Å². The van der Waals surface area contributed by atoms with Crippen LogP contribution in [0.5, 0.6) is 0 Å². The van der Waals surface area contributed by atoms with Crippen LogP contribution in [0.1, 0.15) is 22.8 Å². The van der Waals surface area contributed by atoms with Gasteiger partial charge in [-0.25, -0.2) is 8.78 Å². The lowest BCUT2D eigenvalue weighted by Crippen LogP contribution is -2.05. The van der Waals surface area contributed by atoms with Gasteiger partial charge in [0.2, 0.25) is 0 Å². The highest BCUT2D eigenvalue weighted by atomic mass is 35.5. The maximum absolute atomic E-state index is 13.7. The summed E-state index contributed by atoms with van der Waals surface area (Å²) in [4.78, 5) is 0. The van der Waals surface area contributed by atoms with E-state index in [1.807, 2.05) is 0 Å². The Hall–Kier alpha value is -1.45. The van der Waals surface area contributed by atoms with Gasteiger partial charge in [-0.05, 0) is 36.2 Å². The van der Waals surface area contributed by atoms with Crippen molar-refractivity contribution in [3.8, 4) is 0 Å². The van der Waals surface area contributed by atoms with Crippen LogP contribution in [0.25, 0.3) is 0 Å². The van der Waals surface area contributed by atoms with E-state index in [9.17, 15) is 13.9 Å². The summed E-state index contributed by atoms with van der Waals surface area (Å²) < 4.78 is 26.7. The number of benzene rings is 2. The topological polar surface area (TPSA) is 20.2 Å². The molecule has 1 atom stereocenters. The van der Waals surface area contributed by atoms with Gasteiger partial charge in [0.1, 0.15) is 11.6 Å². The van der Waals surface area contributed by atoms with Crippen LogP contribution >= 0.6 is 11.6 Å². The summed E-state index contributed by atoms with van der Waals surface area (Å²) in [5, 5.41) is 10.0. The van der Waals surface area contributed by atoms with Crippen molar-refractivity contribution in [1.82, 2.24) is 0 Å². The molecule has 0 amide bonds. The lowest BCUT2D eigenvalue weighted by atomic mass is 10.00. The number of halogens is 3. The van der Waals surface area contributed by atoms with Gasteiger partial charge in [0.25, 0.3) is 0 Å². The molecule has 2 rings (SSSR count). The molecule has 0 aliphatic carbocycles. The van der Waals surface area contributed by atoms with E-state index in [2.05, 4.69) is 0 Å². The van der Waals surface area contributed by atoms with E-state index < -0.39 is 17.7 Å². The quantitative estimate of drug-likeness (QED) is 0.894. The standard InChI is InChI=1S/C15H13ClF2O/c1-9-2-4-11(14(18)6-9)15(19)8-10-3-5-13(17)12(16)7-10/h2-7,15,19H,8H2,1H3. The second-order valence-electron chi connectivity index (χ2n) is 4.49. The molecule has 1 unspecified atom stereocenters. The molecule has 0 saturated carbocycles.